The summed E-state index contributed by atoms with van der Waals surface area (Å²) in [5.41, 5.74) is 2.68. The van der Waals surface area contributed by atoms with Crippen molar-refractivity contribution in [2.75, 3.05) is 16.4 Å². The lowest BCUT2D eigenvalue weighted by Crippen LogP contribution is -2.19. The maximum absolute atomic E-state index is 12.7. The Bertz CT molecular complexity index is 1240. The van der Waals surface area contributed by atoms with E-state index in [0.717, 1.165) is 11.4 Å². The number of para-hydroxylation sites is 2. The van der Waals surface area contributed by atoms with Gasteiger partial charge in [0, 0.05) is 19.2 Å². The van der Waals surface area contributed by atoms with Crippen LogP contribution in [0.2, 0.25) is 0 Å². The summed E-state index contributed by atoms with van der Waals surface area (Å²) in [5, 5.41) is 14.8. The molecule has 0 atom stereocenters. The molecule has 4 aromatic rings. The second kappa shape index (κ2) is 10.6. The van der Waals surface area contributed by atoms with E-state index in [0.29, 0.717) is 28.5 Å². The number of carbonyl (C=O) groups is 2. The molecule has 0 bridgehead atoms. The topological polar surface area (TPSA) is 88.9 Å². The minimum atomic E-state index is -0.288. The third kappa shape index (κ3) is 5.87. The number of hydrogen-bond acceptors (Lipinski definition) is 5. The van der Waals surface area contributed by atoms with E-state index in [-0.39, 0.29) is 17.6 Å². The normalized spacial score (nSPS) is 10.6. The molecule has 0 saturated heterocycles. The quantitative estimate of drug-likeness (QED) is 0.383. The minimum Gasteiger partial charge on any atom is -0.325 e. The van der Waals surface area contributed by atoms with Crippen molar-refractivity contribution in [3.8, 4) is 0 Å². The van der Waals surface area contributed by atoms with Gasteiger partial charge in [-0.15, -0.1) is 10.2 Å². The summed E-state index contributed by atoms with van der Waals surface area (Å²) in [4.78, 5) is 25.3. The molecule has 0 aliphatic heterocycles. The molecule has 4 rings (SSSR count). The zero-order valence-electron chi connectivity index (χ0n) is 18.1. The Labute approximate surface area is 196 Å². The number of carbonyl (C=O) groups excluding carboxylic acids is 2. The van der Waals surface area contributed by atoms with Gasteiger partial charge in [0.25, 0.3) is 5.91 Å². The van der Waals surface area contributed by atoms with Gasteiger partial charge >= 0.3 is 0 Å². The summed E-state index contributed by atoms with van der Waals surface area (Å²) in [6, 6.07) is 26.2. The molecule has 2 N–H and O–H groups in total. The van der Waals surface area contributed by atoms with Gasteiger partial charge in [-0.2, -0.15) is 0 Å². The molecule has 0 aliphatic carbocycles. The summed E-state index contributed by atoms with van der Waals surface area (Å²) in [7, 11) is 1.89. The van der Waals surface area contributed by atoms with Crippen molar-refractivity contribution in [2.24, 2.45) is 7.05 Å². The van der Waals surface area contributed by atoms with Crippen molar-refractivity contribution in [2.45, 2.75) is 11.6 Å². The summed E-state index contributed by atoms with van der Waals surface area (Å²) in [6.45, 7) is 0. The van der Waals surface area contributed by atoms with Crippen molar-refractivity contribution in [1.82, 2.24) is 14.8 Å². The SMILES string of the molecule is Cn1c(Cc2ccccc2)nnc1SCC(=O)Nc1ccccc1C(=O)Nc1ccccc1. The second-order valence-electron chi connectivity index (χ2n) is 7.32. The van der Waals surface area contributed by atoms with Crippen LogP contribution in [0.25, 0.3) is 0 Å². The molecule has 0 fully saturated rings. The van der Waals surface area contributed by atoms with Gasteiger partial charge in [-0.3, -0.25) is 9.59 Å². The maximum Gasteiger partial charge on any atom is 0.257 e. The molecule has 0 saturated carbocycles. The molecular formula is C25H23N5O2S. The summed E-state index contributed by atoms with van der Waals surface area (Å²) < 4.78 is 1.90. The molecule has 0 radical (unpaired) electrons. The number of thioether (sulfide) groups is 1. The van der Waals surface area contributed by atoms with E-state index in [1.54, 1.807) is 24.3 Å². The first-order valence-electron chi connectivity index (χ1n) is 10.4. The van der Waals surface area contributed by atoms with Gasteiger partial charge in [0.05, 0.1) is 17.0 Å². The van der Waals surface area contributed by atoms with Crippen LogP contribution in [0.3, 0.4) is 0 Å². The van der Waals surface area contributed by atoms with E-state index in [2.05, 4.69) is 20.8 Å². The van der Waals surface area contributed by atoms with Gasteiger partial charge in [-0.1, -0.05) is 72.4 Å². The average molecular weight is 458 g/mol. The maximum atomic E-state index is 12.7. The summed E-state index contributed by atoms with van der Waals surface area (Å²) >= 11 is 1.30. The summed E-state index contributed by atoms with van der Waals surface area (Å²) in [5.74, 6) is 0.453. The number of nitrogens with zero attached hydrogens (tertiary/aromatic N) is 3. The van der Waals surface area contributed by atoms with Gasteiger partial charge in [0.1, 0.15) is 5.82 Å². The van der Waals surface area contributed by atoms with Crippen LogP contribution in [0.15, 0.2) is 90.1 Å². The molecule has 7 nitrogen and oxygen atoms in total. The van der Waals surface area contributed by atoms with Crippen LogP contribution in [0, 0.1) is 0 Å². The zero-order chi connectivity index (χ0) is 23.0. The average Bonchev–Trinajstić information content (AvgIpc) is 3.18. The first kappa shape index (κ1) is 22.3. The van der Waals surface area contributed by atoms with E-state index in [9.17, 15) is 9.59 Å². The van der Waals surface area contributed by atoms with Gasteiger partial charge in [-0.05, 0) is 29.8 Å². The Morgan fingerprint density at radius 1 is 0.848 bits per heavy atom. The van der Waals surface area contributed by atoms with Crippen LogP contribution in [0.1, 0.15) is 21.7 Å². The zero-order valence-corrected chi connectivity index (χ0v) is 18.9. The van der Waals surface area contributed by atoms with E-state index >= 15 is 0 Å². The van der Waals surface area contributed by atoms with Crippen LogP contribution in [-0.4, -0.2) is 32.3 Å². The smallest absolute Gasteiger partial charge is 0.257 e. The van der Waals surface area contributed by atoms with Crippen LogP contribution in [0.5, 0.6) is 0 Å². The van der Waals surface area contributed by atoms with Crippen molar-refractivity contribution in [3.63, 3.8) is 0 Å². The fraction of sp³-hybridized carbons (Fsp3) is 0.120. The van der Waals surface area contributed by atoms with Crippen LogP contribution >= 0.6 is 11.8 Å². The molecule has 8 heteroatoms. The number of benzene rings is 3. The fourth-order valence-corrected chi connectivity index (χ4v) is 3.96. The highest BCUT2D eigenvalue weighted by atomic mass is 32.2. The molecule has 166 valence electrons. The molecule has 33 heavy (non-hydrogen) atoms. The van der Waals surface area contributed by atoms with E-state index in [4.69, 9.17) is 0 Å². The summed E-state index contributed by atoms with van der Waals surface area (Å²) in [6.07, 6.45) is 0.668. The molecule has 3 aromatic carbocycles. The first-order valence-corrected chi connectivity index (χ1v) is 11.4. The molecule has 0 aliphatic rings. The molecule has 0 spiro atoms. The van der Waals surface area contributed by atoms with Crippen molar-refractivity contribution < 1.29 is 9.59 Å². The van der Waals surface area contributed by atoms with Crippen LogP contribution in [0.4, 0.5) is 11.4 Å². The number of aromatic nitrogens is 3. The highest BCUT2D eigenvalue weighted by Gasteiger charge is 2.15. The lowest BCUT2D eigenvalue weighted by atomic mass is 10.1. The highest BCUT2D eigenvalue weighted by Crippen LogP contribution is 2.20. The Kier molecular flexibility index (Phi) is 7.16. The number of rotatable bonds is 8. The Morgan fingerprint density at radius 2 is 1.52 bits per heavy atom. The van der Waals surface area contributed by atoms with Crippen LogP contribution < -0.4 is 10.6 Å². The number of hydrogen-bond donors (Lipinski definition) is 2. The highest BCUT2D eigenvalue weighted by molar-refractivity contribution is 7.99. The molecule has 0 unspecified atom stereocenters. The van der Waals surface area contributed by atoms with Crippen LogP contribution in [-0.2, 0) is 18.3 Å². The molecule has 1 heterocycles. The first-order chi connectivity index (χ1) is 16.1. The minimum absolute atomic E-state index is 0.145. The third-order valence-corrected chi connectivity index (χ3v) is 5.96. The predicted molar refractivity (Wildman–Crippen MR) is 130 cm³/mol. The second-order valence-corrected chi connectivity index (χ2v) is 8.27. The van der Waals surface area contributed by atoms with Gasteiger partial charge < -0.3 is 15.2 Å². The number of amides is 2. The monoisotopic (exact) mass is 457 g/mol. The Hall–Kier alpha value is -3.91. The van der Waals surface area contributed by atoms with Crippen molar-refractivity contribution in [3.05, 3.63) is 102 Å². The lowest BCUT2D eigenvalue weighted by molar-refractivity contribution is -0.113. The predicted octanol–water partition coefficient (Wildman–Crippen LogP) is 4.39. The standard InChI is InChI=1S/C25H23N5O2S/c1-30-22(16-18-10-4-2-5-11-18)28-29-25(30)33-17-23(31)27-21-15-9-8-14-20(21)24(32)26-19-12-6-3-7-13-19/h2-15H,16-17H2,1H3,(H,26,32)(H,27,31). The molecular weight excluding hydrogens is 434 g/mol. The van der Waals surface area contributed by atoms with Crippen molar-refractivity contribution >= 4 is 35.0 Å². The number of nitrogens with one attached hydrogen (secondary N) is 2. The Morgan fingerprint density at radius 3 is 2.27 bits per heavy atom. The van der Waals surface area contributed by atoms with E-state index in [1.165, 1.54) is 11.8 Å². The van der Waals surface area contributed by atoms with Crippen molar-refractivity contribution in [1.29, 1.82) is 0 Å². The molecule has 1 aromatic heterocycles. The van der Waals surface area contributed by atoms with Gasteiger partial charge in [0.2, 0.25) is 5.91 Å². The van der Waals surface area contributed by atoms with E-state index in [1.807, 2.05) is 72.3 Å². The Balaban J connectivity index is 1.37. The fourth-order valence-electron chi connectivity index (χ4n) is 3.23. The van der Waals surface area contributed by atoms with E-state index < -0.39 is 0 Å². The van der Waals surface area contributed by atoms with Gasteiger partial charge in [0.15, 0.2) is 5.16 Å². The third-order valence-electron chi connectivity index (χ3n) is 4.94. The van der Waals surface area contributed by atoms with Gasteiger partial charge in [-0.25, -0.2) is 0 Å². The lowest BCUT2D eigenvalue weighted by Gasteiger charge is -2.11. The molecule has 2 amide bonds. The largest absolute Gasteiger partial charge is 0.325 e. The number of anilines is 2.